The summed E-state index contributed by atoms with van der Waals surface area (Å²) < 4.78 is 55.3. The summed E-state index contributed by atoms with van der Waals surface area (Å²) >= 11 is 0. The number of benzene rings is 2. The van der Waals surface area contributed by atoms with E-state index in [2.05, 4.69) is 10.3 Å². The molecule has 0 bridgehead atoms. The molecule has 1 N–H and O–H groups in total. The lowest BCUT2D eigenvalue weighted by atomic mass is 9.86. The van der Waals surface area contributed by atoms with Crippen LogP contribution in [0.4, 0.5) is 13.2 Å². The fraction of sp³-hybridized carbons (Fsp3) is 0.367. The van der Waals surface area contributed by atoms with Crippen molar-refractivity contribution in [1.29, 1.82) is 0 Å². The zero-order valence-corrected chi connectivity index (χ0v) is 22.8. The van der Waals surface area contributed by atoms with Crippen LogP contribution in [0, 0.1) is 30.3 Å². The highest BCUT2D eigenvalue weighted by Crippen LogP contribution is 2.43. The maximum absolute atomic E-state index is 15.9. The van der Waals surface area contributed by atoms with Crippen LogP contribution >= 0.6 is 0 Å². The predicted octanol–water partition coefficient (Wildman–Crippen LogP) is 5.95. The van der Waals surface area contributed by atoms with E-state index < -0.39 is 29.1 Å². The summed E-state index contributed by atoms with van der Waals surface area (Å²) in [6, 6.07) is 7.65. The first-order valence-electron chi connectivity index (χ1n) is 13.3. The van der Waals surface area contributed by atoms with E-state index in [1.54, 1.807) is 37.8 Å². The van der Waals surface area contributed by atoms with Crippen molar-refractivity contribution in [2.75, 3.05) is 13.2 Å². The van der Waals surface area contributed by atoms with Crippen LogP contribution in [0.25, 0.3) is 33.2 Å². The highest BCUT2D eigenvalue weighted by molar-refractivity contribution is 6.07. The van der Waals surface area contributed by atoms with Gasteiger partial charge in [0.25, 0.3) is 0 Å². The Morgan fingerprint density at radius 1 is 1.02 bits per heavy atom. The second kappa shape index (κ2) is 9.71. The van der Waals surface area contributed by atoms with Crippen molar-refractivity contribution in [1.82, 2.24) is 24.5 Å². The Kier molecular flexibility index (Phi) is 6.42. The molecule has 1 aliphatic heterocycles. The van der Waals surface area contributed by atoms with Gasteiger partial charge >= 0.3 is 0 Å². The molecular formula is C30H30F3N5O2. The Morgan fingerprint density at radius 3 is 2.45 bits per heavy atom. The van der Waals surface area contributed by atoms with Crippen LogP contribution in [-0.2, 0) is 17.4 Å². The molecule has 0 unspecified atom stereocenters. The number of ether oxygens (including phenoxy) is 1. The third-order valence-corrected chi connectivity index (χ3v) is 7.94. The van der Waals surface area contributed by atoms with Gasteiger partial charge < -0.3 is 14.4 Å². The summed E-state index contributed by atoms with van der Waals surface area (Å²) in [5.41, 5.74) is 2.71. The van der Waals surface area contributed by atoms with Crippen LogP contribution in [0.3, 0.4) is 0 Å². The van der Waals surface area contributed by atoms with Gasteiger partial charge in [0, 0.05) is 37.6 Å². The maximum atomic E-state index is 15.9. The van der Waals surface area contributed by atoms with Crippen molar-refractivity contribution < 1.29 is 23.0 Å². The number of aromatic nitrogens is 5. The molecule has 0 saturated carbocycles. The van der Waals surface area contributed by atoms with E-state index >= 15 is 8.78 Å². The van der Waals surface area contributed by atoms with E-state index in [4.69, 9.17) is 9.72 Å². The largest absolute Gasteiger partial charge is 0.386 e. The Balaban J connectivity index is 1.75. The van der Waals surface area contributed by atoms with Gasteiger partial charge in [0.15, 0.2) is 0 Å². The quantitative estimate of drug-likeness (QED) is 0.293. The van der Waals surface area contributed by atoms with Crippen molar-refractivity contribution in [2.45, 2.75) is 45.3 Å². The van der Waals surface area contributed by atoms with Gasteiger partial charge in [-0.25, -0.2) is 17.9 Å². The normalized spacial score (nSPS) is 15.8. The Morgan fingerprint density at radius 2 is 1.77 bits per heavy atom. The van der Waals surface area contributed by atoms with Gasteiger partial charge in [-0.05, 0) is 81.5 Å². The van der Waals surface area contributed by atoms with E-state index in [0.717, 1.165) is 17.8 Å². The summed E-state index contributed by atoms with van der Waals surface area (Å²) in [5.74, 6) is -1.81. The minimum absolute atomic E-state index is 0.138. The maximum Gasteiger partial charge on any atom is 0.135 e. The SMILES string of the molecule is Cc1nnn(C)c1-c1cnc2c3c(F)cc(C(C)(C)O)cc3n([C@H](c3cc(F)ccc3F)C3CCOCC3)c2c1. The standard InChI is InChI=1S/C30H30F3N5O2/c1-16-28(37(4)36-35-16)18-11-25-27(34-15-18)26-23(33)12-19(30(2,3)39)13-24(26)38(25)29(17-7-9-40-10-8-17)21-14-20(31)5-6-22(21)32/h5-6,11-15,17,29,39H,7-10H2,1-4H3/t29-/m0/s1. The summed E-state index contributed by atoms with van der Waals surface area (Å²) in [6.45, 7) is 5.95. The zero-order chi connectivity index (χ0) is 28.3. The van der Waals surface area contributed by atoms with Crippen molar-refractivity contribution in [2.24, 2.45) is 13.0 Å². The van der Waals surface area contributed by atoms with Gasteiger partial charge in [0.2, 0.25) is 0 Å². The smallest absolute Gasteiger partial charge is 0.135 e. The molecule has 10 heteroatoms. The molecule has 1 atom stereocenters. The van der Waals surface area contributed by atoms with E-state index in [-0.39, 0.29) is 16.9 Å². The molecule has 6 rings (SSSR count). The summed E-state index contributed by atoms with van der Waals surface area (Å²) in [7, 11) is 1.78. The molecule has 40 heavy (non-hydrogen) atoms. The number of hydrogen-bond donors (Lipinski definition) is 1. The van der Waals surface area contributed by atoms with Gasteiger partial charge in [-0.15, -0.1) is 5.10 Å². The Bertz CT molecular complexity index is 1730. The highest BCUT2D eigenvalue weighted by Gasteiger charge is 2.34. The third-order valence-electron chi connectivity index (χ3n) is 7.94. The van der Waals surface area contributed by atoms with Crippen molar-refractivity contribution in [3.05, 3.63) is 76.9 Å². The van der Waals surface area contributed by atoms with E-state index in [1.807, 2.05) is 17.6 Å². The van der Waals surface area contributed by atoms with Crippen LogP contribution in [0.5, 0.6) is 0 Å². The molecule has 3 aromatic heterocycles. The fourth-order valence-corrected chi connectivity index (χ4v) is 5.99. The van der Waals surface area contributed by atoms with Gasteiger partial charge in [0.1, 0.15) is 17.5 Å². The summed E-state index contributed by atoms with van der Waals surface area (Å²) in [4.78, 5) is 4.70. The number of aryl methyl sites for hydroxylation is 2. The Labute approximate surface area is 229 Å². The highest BCUT2D eigenvalue weighted by atomic mass is 19.1. The van der Waals surface area contributed by atoms with E-state index in [1.165, 1.54) is 12.1 Å². The number of hydrogen-bond acceptors (Lipinski definition) is 5. The Hall–Kier alpha value is -3.76. The van der Waals surface area contributed by atoms with Gasteiger partial charge in [0.05, 0.1) is 45.0 Å². The molecule has 1 fully saturated rings. The lowest BCUT2D eigenvalue weighted by molar-refractivity contribution is 0.0548. The van der Waals surface area contributed by atoms with Gasteiger partial charge in [-0.1, -0.05) is 5.21 Å². The molecule has 5 aromatic rings. The summed E-state index contributed by atoms with van der Waals surface area (Å²) in [6.07, 6.45) is 2.86. The third kappa shape index (κ3) is 4.35. The number of fused-ring (bicyclic) bond motifs is 3. The van der Waals surface area contributed by atoms with Crippen LogP contribution in [0.15, 0.2) is 42.6 Å². The minimum Gasteiger partial charge on any atom is -0.386 e. The molecule has 4 heterocycles. The molecule has 208 valence electrons. The topological polar surface area (TPSA) is 78.0 Å². The second-order valence-electron chi connectivity index (χ2n) is 11.1. The first-order chi connectivity index (χ1) is 19.0. The average molecular weight is 550 g/mol. The van der Waals surface area contributed by atoms with Crippen molar-refractivity contribution >= 4 is 21.9 Å². The number of rotatable bonds is 5. The van der Waals surface area contributed by atoms with Gasteiger partial charge in [-0.2, -0.15) is 0 Å². The average Bonchev–Trinajstić information content (AvgIpc) is 3.42. The molecule has 0 spiro atoms. The second-order valence-corrected chi connectivity index (χ2v) is 11.1. The zero-order valence-electron chi connectivity index (χ0n) is 22.8. The van der Waals surface area contributed by atoms with Gasteiger partial charge in [-0.3, -0.25) is 4.98 Å². The summed E-state index contributed by atoms with van der Waals surface area (Å²) in [5, 5.41) is 19.3. The molecule has 1 saturated heterocycles. The number of halogens is 3. The van der Waals surface area contributed by atoms with Crippen LogP contribution in [0.1, 0.15) is 49.6 Å². The number of pyridine rings is 1. The molecule has 2 aromatic carbocycles. The molecule has 0 radical (unpaired) electrons. The van der Waals surface area contributed by atoms with Crippen molar-refractivity contribution in [3.63, 3.8) is 0 Å². The van der Waals surface area contributed by atoms with Crippen LogP contribution in [0.2, 0.25) is 0 Å². The number of aliphatic hydroxyl groups is 1. The van der Waals surface area contributed by atoms with E-state index in [9.17, 15) is 9.50 Å². The van der Waals surface area contributed by atoms with Crippen LogP contribution < -0.4 is 0 Å². The molecule has 0 amide bonds. The van der Waals surface area contributed by atoms with Crippen LogP contribution in [-0.4, -0.2) is 42.9 Å². The monoisotopic (exact) mass is 549 g/mol. The lowest BCUT2D eigenvalue weighted by Crippen LogP contribution is -2.28. The molecule has 0 aliphatic carbocycles. The lowest BCUT2D eigenvalue weighted by Gasteiger charge is -2.33. The van der Waals surface area contributed by atoms with Crippen molar-refractivity contribution in [3.8, 4) is 11.3 Å². The fourth-order valence-electron chi connectivity index (χ4n) is 5.99. The minimum atomic E-state index is -1.34. The number of nitrogens with zero attached hydrogens (tertiary/aromatic N) is 5. The molecule has 1 aliphatic rings. The molecule has 7 nitrogen and oxygen atoms in total. The predicted molar refractivity (Wildman–Crippen MR) is 145 cm³/mol. The first-order valence-corrected chi connectivity index (χ1v) is 13.3. The molecular weight excluding hydrogens is 519 g/mol. The van der Waals surface area contributed by atoms with E-state index in [0.29, 0.717) is 59.4 Å². The first kappa shape index (κ1) is 26.5.